The number of halogens is 1. The third-order valence-electron chi connectivity index (χ3n) is 5.34. The second-order valence-electron chi connectivity index (χ2n) is 7.52. The van der Waals surface area contributed by atoms with Crippen molar-refractivity contribution < 1.29 is 13.9 Å². The Labute approximate surface area is 182 Å². The Kier molecular flexibility index (Phi) is 4.66. The van der Waals surface area contributed by atoms with E-state index in [2.05, 4.69) is 15.3 Å². The fourth-order valence-corrected chi connectivity index (χ4v) is 3.74. The summed E-state index contributed by atoms with van der Waals surface area (Å²) in [6.45, 7) is 3.87. The van der Waals surface area contributed by atoms with Crippen LogP contribution in [-0.4, -0.2) is 42.7 Å². The van der Waals surface area contributed by atoms with Crippen molar-refractivity contribution in [1.29, 1.82) is 0 Å². The molecule has 0 atom stereocenters. The van der Waals surface area contributed by atoms with Crippen LogP contribution < -0.4 is 0 Å². The molecule has 0 aliphatic heterocycles. The van der Waals surface area contributed by atoms with Gasteiger partial charge in [-0.05, 0) is 43.7 Å². The number of fused-ring (bicyclic) bond motifs is 3. The average molecular weight is 430 g/mol. The maximum absolute atomic E-state index is 13.5. The smallest absolute Gasteiger partial charge is 0.311 e. The molecule has 0 saturated heterocycles. The summed E-state index contributed by atoms with van der Waals surface area (Å²) in [4.78, 5) is 12.0. The van der Waals surface area contributed by atoms with Gasteiger partial charge in [-0.2, -0.15) is 14.7 Å². The molecule has 0 amide bonds. The van der Waals surface area contributed by atoms with Gasteiger partial charge in [0.25, 0.3) is 0 Å². The number of rotatable bonds is 4. The van der Waals surface area contributed by atoms with Gasteiger partial charge in [0, 0.05) is 0 Å². The maximum atomic E-state index is 13.5. The van der Waals surface area contributed by atoms with Gasteiger partial charge in [-0.25, -0.2) is 9.07 Å². The van der Waals surface area contributed by atoms with Crippen molar-refractivity contribution >= 4 is 22.8 Å². The summed E-state index contributed by atoms with van der Waals surface area (Å²) < 4.78 is 21.7. The van der Waals surface area contributed by atoms with Crippen molar-refractivity contribution in [2.45, 2.75) is 20.3 Å². The van der Waals surface area contributed by atoms with E-state index >= 15 is 0 Å². The molecule has 0 aliphatic rings. The van der Waals surface area contributed by atoms with Crippen LogP contribution in [0.15, 0.2) is 48.5 Å². The number of carbonyl (C=O) groups is 1. The van der Waals surface area contributed by atoms with Crippen LogP contribution in [0.25, 0.3) is 33.6 Å². The standard InChI is InChI=1S/C23H19FN6O2/c1-13-4-10-17(11-5-13)29-23-21(18(28-29)12-19(31)32-3)25-26-22-20(14(2)27-30(22)23)15-6-8-16(24)9-7-15/h4-11H,12H2,1-3H3. The summed E-state index contributed by atoms with van der Waals surface area (Å²) in [5, 5.41) is 18.1. The Morgan fingerprint density at radius 2 is 1.72 bits per heavy atom. The molecule has 0 spiro atoms. The van der Waals surface area contributed by atoms with Crippen LogP contribution in [-0.2, 0) is 16.0 Å². The number of aromatic nitrogens is 6. The Morgan fingerprint density at radius 3 is 2.41 bits per heavy atom. The molecule has 0 unspecified atom stereocenters. The monoisotopic (exact) mass is 430 g/mol. The zero-order valence-electron chi connectivity index (χ0n) is 17.7. The Hall–Kier alpha value is -4.14. The van der Waals surface area contributed by atoms with Gasteiger partial charge in [0.1, 0.15) is 11.5 Å². The van der Waals surface area contributed by atoms with Crippen LogP contribution in [0.5, 0.6) is 0 Å². The van der Waals surface area contributed by atoms with Gasteiger partial charge < -0.3 is 4.74 Å². The first kappa shape index (κ1) is 19.8. The minimum absolute atomic E-state index is 0.0445. The topological polar surface area (TPSA) is 87.2 Å². The number of ether oxygens (including phenoxy) is 1. The summed E-state index contributed by atoms with van der Waals surface area (Å²) in [7, 11) is 1.33. The molecular weight excluding hydrogens is 411 g/mol. The molecule has 2 aromatic carbocycles. The molecule has 0 N–H and O–H groups in total. The van der Waals surface area contributed by atoms with Crippen LogP contribution in [0.1, 0.15) is 17.0 Å². The molecule has 3 aromatic heterocycles. The molecule has 5 rings (SSSR count). The number of nitrogens with zero attached hydrogens (tertiary/aromatic N) is 6. The van der Waals surface area contributed by atoms with E-state index in [0.29, 0.717) is 28.2 Å². The summed E-state index contributed by atoms with van der Waals surface area (Å²) in [6.07, 6.45) is -0.0445. The van der Waals surface area contributed by atoms with Gasteiger partial charge in [0.05, 0.1) is 30.5 Å². The number of hydrogen-bond donors (Lipinski definition) is 0. The minimum Gasteiger partial charge on any atom is -0.469 e. The van der Waals surface area contributed by atoms with Gasteiger partial charge in [0.2, 0.25) is 0 Å². The zero-order chi connectivity index (χ0) is 22.4. The van der Waals surface area contributed by atoms with Crippen LogP contribution in [0.2, 0.25) is 0 Å². The Balaban J connectivity index is 1.81. The van der Waals surface area contributed by atoms with Gasteiger partial charge >= 0.3 is 5.97 Å². The summed E-state index contributed by atoms with van der Waals surface area (Å²) in [5.74, 6) is -0.743. The third-order valence-corrected chi connectivity index (χ3v) is 5.34. The highest BCUT2D eigenvalue weighted by molar-refractivity contribution is 5.87. The van der Waals surface area contributed by atoms with E-state index in [1.807, 2.05) is 38.1 Å². The highest BCUT2D eigenvalue weighted by Gasteiger charge is 2.23. The highest BCUT2D eigenvalue weighted by Crippen LogP contribution is 2.30. The van der Waals surface area contributed by atoms with Gasteiger partial charge in [-0.3, -0.25) is 4.79 Å². The molecule has 160 valence electrons. The number of esters is 1. The summed E-state index contributed by atoms with van der Waals surface area (Å²) in [6, 6.07) is 14.0. The first-order valence-corrected chi connectivity index (χ1v) is 9.99. The largest absolute Gasteiger partial charge is 0.469 e. The van der Waals surface area contributed by atoms with E-state index in [1.54, 1.807) is 21.3 Å². The van der Waals surface area contributed by atoms with E-state index in [0.717, 1.165) is 22.4 Å². The van der Waals surface area contributed by atoms with Crippen molar-refractivity contribution in [2.75, 3.05) is 7.11 Å². The van der Waals surface area contributed by atoms with Crippen LogP contribution in [0.4, 0.5) is 4.39 Å². The molecule has 3 heterocycles. The van der Waals surface area contributed by atoms with E-state index in [1.165, 1.54) is 19.2 Å². The molecule has 9 heteroatoms. The fourth-order valence-electron chi connectivity index (χ4n) is 3.74. The van der Waals surface area contributed by atoms with Gasteiger partial charge in [-0.1, -0.05) is 29.8 Å². The summed E-state index contributed by atoms with van der Waals surface area (Å²) >= 11 is 0. The number of carbonyl (C=O) groups excluding carboxylic acids is 1. The van der Waals surface area contributed by atoms with Crippen molar-refractivity contribution in [1.82, 2.24) is 29.6 Å². The van der Waals surface area contributed by atoms with Crippen LogP contribution in [0, 0.1) is 19.7 Å². The maximum Gasteiger partial charge on any atom is 0.311 e. The second-order valence-corrected chi connectivity index (χ2v) is 7.52. The first-order chi connectivity index (χ1) is 15.5. The number of aryl methyl sites for hydroxylation is 2. The number of hydrogen-bond acceptors (Lipinski definition) is 6. The lowest BCUT2D eigenvalue weighted by Gasteiger charge is -2.05. The highest BCUT2D eigenvalue weighted by atomic mass is 19.1. The molecule has 0 bridgehead atoms. The molecule has 8 nitrogen and oxygen atoms in total. The van der Waals surface area contributed by atoms with Crippen molar-refractivity contribution in [3.05, 3.63) is 71.3 Å². The summed E-state index contributed by atoms with van der Waals surface area (Å²) in [5.41, 5.74) is 6.14. The third kappa shape index (κ3) is 3.18. The molecule has 32 heavy (non-hydrogen) atoms. The van der Waals surface area contributed by atoms with Crippen molar-refractivity contribution in [3.63, 3.8) is 0 Å². The fraction of sp³-hybridized carbons (Fsp3) is 0.174. The average Bonchev–Trinajstić information content (AvgIpc) is 3.32. The molecule has 0 saturated carbocycles. The number of methoxy groups -OCH3 is 1. The normalized spacial score (nSPS) is 11.4. The molecule has 0 aliphatic carbocycles. The minimum atomic E-state index is -0.425. The van der Waals surface area contributed by atoms with Crippen LogP contribution in [0.3, 0.4) is 0 Å². The van der Waals surface area contributed by atoms with E-state index in [-0.39, 0.29) is 12.2 Å². The SMILES string of the molecule is COC(=O)Cc1nn(-c2ccc(C)cc2)c2c1nnc1c(-c3ccc(F)cc3)c(C)nn12. The van der Waals surface area contributed by atoms with Gasteiger partial charge in [-0.15, -0.1) is 10.2 Å². The predicted molar refractivity (Wildman–Crippen MR) is 116 cm³/mol. The van der Waals surface area contributed by atoms with E-state index in [9.17, 15) is 9.18 Å². The molecule has 0 fully saturated rings. The predicted octanol–water partition coefficient (Wildman–Crippen LogP) is 3.60. The molecular formula is C23H19FN6O2. The van der Waals surface area contributed by atoms with Crippen LogP contribution >= 0.6 is 0 Å². The van der Waals surface area contributed by atoms with E-state index in [4.69, 9.17) is 9.84 Å². The van der Waals surface area contributed by atoms with Crippen molar-refractivity contribution in [2.24, 2.45) is 0 Å². The second kappa shape index (κ2) is 7.52. The molecule has 5 aromatic rings. The van der Waals surface area contributed by atoms with Crippen molar-refractivity contribution in [3.8, 4) is 16.8 Å². The lowest BCUT2D eigenvalue weighted by molar-refractivity contribution is -0.139. The molecule has 0 radical (unpaired) electrons. The lowest BCUT2D eigenvalue weighted by atomic mass is 10.1. The van der Waals surface area contributed by atoms with Gasteiger partial charge in [0.15, 0.2) is 16.8 Å². The lowest BCUT2D eigenvalue weighted by Crippen LogP contribution is -2.06. The number of benzene rings is 2. The zero-order valence-corrected chi connectivity index (χ0v) is 17.7. The Morgan fingerprint density at radius 1 is 1.00 bits per heavy atom. The Bertz CT molecular complexity index is 1470. The first-order valence-electron chi connectivity index (χ1n) is 9.99. The quantitative estimate of drug-likeness (QED) is 0.405. The van der Waals surface area contributed by atoms with E-state index < -0.39 is 5.97 Å².